The summed E-state index contributed by atoms with van der Waals surface area (Å²) in [7, 11) is -3.83. The van der Waals surface area contributed by atoms with E-state index in [1.165, 1.54) is 36.4 Å². The third-order valence-corrected chi connectivity index (χ3v) is 8.29. The Labute approximate surface area is 245 Å². The van der Waals surface area contributed by atoms with Crippen LogP contribution in [0.4, 0.5) is 13.2 Å². The maximum absolute atomic E-state index is 13.3. The number of carbonyl (C=O) groups is 1. The van der Waals surface area contributed by atoms with Crippen LogP contribution in [0.25, 0.3) is 0 Å². The number of carboxylic acids is 1. The quantitative estimate of drug-likeness (QED) is 0.311. The van der Waals surface area contributed by atoms with Crippen molar-refractivity contribution in [2.75, 3.05) is 6.61 Å². The van der Waals surface area contributed by atoms with Gasteiger partial charge in [0.15, 0.2) is 22.2 Å². The summed E-state index contributed by atoms with van der Waals surface area (Å²) in [6.07, 6.45) is -2.63. The number of benzene rings is 3. The summed E-state index contributed by atoms with van der Waals surface area (Å²) in [6, 6.07) is 10.2. The molecule has 3 aromatic rings. The second-order valence-corrected chi connectivity index (χ2v) is 11.5. The van der Waals surface area contributed by atoms with E-state index in [9.17, 15) is 26.4 Å². The minimum atomic E-state index is -4.45. The zero-order valence-electron chi connectivity index (χ0n) is 19.6. The van der Waals surface area contributed by atoms with Gasteiger partial charge >= 0.3 is 31.0 Å². The number of alkyl halides is 3. The van der Waals surface area contributed by atoms with Gasteiger partial charge in [-0.15, -0.1) is 0 Å². The third kappa shape index (κ3) is 7.44. The van der Waals surface area contributed by atoms with Gasteiger partial charge in [0, 0.05) is 0 Å². The fraction of sp³-hybridized carbons (Fsp3) is 0.269. The van der Waals surface area contributed by atoms with Crippen LogP contribution in [-0.4, -0.2) is 45.0 Å². The monoisotopic (exact) mass is 596 g/mol. The van der Waals surface area contributed by atoms with Gasteiger partial charge < -0.3 is 14.6 Å². The molecule has 1 aliphatic rings. The Morgan fingerprint density at radius 2 is 1.54 bits per heavy atom. The predicted octanol–water partition coefficient (Wildman–Crippen LogP) is 5.87. The van der Waals surface area contributed by atoms with Crippen molar-refractivity contribution < 1.29 is 41.0 Å². The van der Waals surface area contributed by atoms with Crippen LogP contribution in [0.1, 0.15) is 34.2 Å². The van der Waals surface area contributed by atoms with E-state index in [-0.39, 0.29) is 46.2 Å². The van der Waals surface area contributed by atoms with E-state index in [1.54, 1.807) is 0 Å². The average molecular weight is 597 g/mol. The van der Waals surface area contributed by atoms with Crippen LogP contribution in [0.5, 0.6) is 11.5 Å². The van der Waals surface area contributed by atoms with Crippen LogP contribution in [0.3, 0.4) is 0 Å². The summed E-state index contributed by atoms with van der Waals surface area (Å²) in [6.45, 7) is -0.625. The van der Waals surface area contributed by atoms with Gasteiger partial charge in [-0.3, -0.25) is 0 Å². The Bertz CT molecular complexity index is 1460. The molecule has 13 heteroatoms. The third-order valence-electron chi connectivity index (χ3n) is 5.96. The van der Waals surface area contributed by atoms with Crippen LogP contribution in [0.15, 0.2) is 53.4 Å². The molecule has 1 N–H and O–H groups in total. The molecule has 0 heterocycles. The standard InChI is InChI=1S/C26H21Cl2F3O6S.Li.H/c27-20-10-16(11-21(28)25(20)37-12-15-4-6-17(7-5-15)26(29,30)31)14-38(34,35)23-9-8-22(36-13-24(32)33)18-2-1-3-19(18)23;;/h4-11H,1-3,12-14H2,(H,32,33);;. The number of hydrogen-bond acceptors (Lipinski definition) is 5. The van der Waals surface area contributed by atoms with Gasteiger partial charge in [-0.05, 0) is 77.9 Å². The summed E-state index contributed by atoms with van der Waals surface area (Å²) >= 11 is 12.6. The first-order valence-corrected chi connectivity index (χ1v) is 13.7. The molecule has 0 aliphatic heterocycles. The maximum atomic E-state index is 13.3. The molecule has 0 radical (unpaired) electrons. The molecule has 1 aliphatic carbocycles. The van der Waals surface area contributed by atoms with Crippen molar-refractivity contribution in [3.63, 3.8) is 0 Å². The molecule has 0 aromatic heterocycles. The Kier molecular flexibility index (Phi) is 9.95. The van der Waals surface area contributed by atoms with E-state index in [2.05, 4.69) is 0 Å². The first-order chi connectivity index (χ1) is 17.8. The number of sulfone groups is 1. The van der Waals surface area contributed by atoms with Crippen molar-refractivity contribution in [1.29, 1.82) is 0 Å². The zero-order chi connectivity index (χ0) is 27.7. The van der Waals surface area contributed by atoms with Gasteiger partial charge in [0.2, 0.25) is 0 Å². The van der Waals surface area contributed by atoms with Crippen LogP contribution >= 0.6 is 23.2 Å². The Balaban J connectivity index is 0.00000420. The number of hydrogen-bond donors (Lipinski definition) is 1. The number of halogens is 5. The molecule has 0 bridgehead atoms. The van der Waals surface area contributed by atoms with E-state index >= 15 is 0 Å². The molecule has 0 saturated carbocycles. The van der Waals surface area contributed by atoms with Gasteiger partial charge in [0.1, 0.15) is 12.4 Å². The van der Waals surface area contributed by atoms with Crippen LogP contribution < -0.4 is 9.47 Å². The minimum absolute atomic E-state index is 0. The molecular weight excluding hydrogens is 575 g/mol. The normalized spacial score (nSPS) is 12.9. The van der Waals surface area contributed by atoms with E-state index in [0.717, 1.165) is 12.1 Å². The molecule has 0 saturated heterocycles. The van der Waals surface area contributed by atoms with Gasteiger partial charge in [0.25, 0.3) is 0 Å². The average Bonchev–Trinajstić information content (AvgIpc) is 3.31. The van der Waals surface area contributed by atoms with Crippen LogP contribution in [0.2, 0.25) is 10.0 Å². The molecule has 4 rings (SSSR count). The number of ether oxygens (including phenoxy) is 2. The summed E-state index contributed by atoms with van der Waals surface area (Å²) in [5.41, 5.74) is 1.30. The van der Waals surface area contributed by atoms with Crippen molar-refractivity contribution in [1.82, 2.24) is 0 Å². The molecule has 0 atom stereocenters. The molecule has 0 spiro atoms. The predicted molar refractivity (Wildman–Crippen MR) is 142 cm³/mol. The van der Waals surface area contributed by atoms with Gasteiger partial charge in [-0.25, -0.2) is 13.2 Å². The first kappa shape index (κ1) is 31.2. The fourth-order valence-electron chi connectivity index (χ4n) is 4.28. The summed E-state index contributed by atoms with van der Waals surface area (Å²) in [5.74, 6) is -1.09. The van der Waals surface area contributed by atoms with Crippen molar-refractivity contribution in [2.45, 2.75) is 42.7 Å². The number of fused-ring (bicyclic) bond motifs is 1. The van der Waals surface area contributed by atoms with Crippen molar-refractivity contribution in [3.05, 3.63) is 86.4 Å². The molecule has 204 valence electrons. The Morgan fingerprint density at radius 1 is 0.923 bits per heavy atom. The van der Waals surface area contributed by atoms with Crippen molar-refractivity contribution in [3.8, 4) is 11.5 Å². The number of rotatable bonds is 9. The van der Waals surface area contributed by atoms with Crippen molar-refractivity contribution >= 4 is 57.9 Å². The summed E-state index contributed by atoms with van der Waals surface area (Å²) < 4.78 is 75.8. The molecule has 3 aromatic carbocycles. The molecule has 39 heavy (non-hydrogen) atoms. The van der Waals surface area contributed by atoms with E-state index in [1.807, 2.05) is 0 Å². The van der Waals surface area contributed by atoms with Gasteiger partial charge in [-0.2, -0.15) is 13.2 Å². The second kappa shape index (κ2) is 12.4. The van der Waals surface area contributed by atoms with E-state index < -0.39 is 39.9 Å². The van der Waals surface area contributed by atoms with E-state index in [4.69, 9.17) is 37.8 Å². The van der Waals surface area contributed by atoms with E-state index in [0.29, 0.717) is 47.3 Å². The molecule has 0 fully saturated rings. The molecule has 0 amide bonds. The van der Waals surface area contributed by atoms with Gasteiger partial charge in [-0.1, -0.05) is 35.3 Å². The molecular formula is C26H22Cl2F3LiO6S. The summed E-state index contributed by atoms with van der Waals surface area (Å²) in [5, 5.41) is 8.98. The Hall–Kier alpha value is -2.35. The Morgan fingerprint density at radius 3 is 2.13 bits per heavy atom. The summed E-state index contributed by atoms with van der Waals surface area (Å²) in [4.78, 5) is 11.0. The first-order valence-electron chi connectivity index (χ1n) is 11.3. The van der Waals surface area contributed by atoms with Crippen LogP contribution in [0, 0.1) is 0 Å². The van der Waals surface area contributed by atoms with Crippen LogP contribution in [-0.2, 0) is 46.0 Å². The molecule has 6 nitrogen and oxygen atoms in total. The topological polar surface area (TPSA) is 89.9 Å². The number of aliphatic carboxylic acids is 1. The zero-order valence-corrected chi connectivity index (χ0v) is 22.0. The fourth-order valence-corrected chi connectivity index (χ4v) is 6.56. The molecule has 0 unspecified atom stereocenters. The van der Waals surface area contributed by atoms with Gasteiger partial charge in [0.05, 0.1) is 26.3 Å². The van der Waals surface area contributed by atoms with Crippen molar-refractivity contribution in [2.24, 2.45) is 0 Å². The second-order valence-electron chi connectivity index (χ2n) is 8.69. The number of carboxylic acid groups (broad SMARTS) is 1. The SMILES string of the molecule is O=C(O)COc1ccc(S(=O)(=O)Cc2cc(Cl)c(OCc3ccc(C(F)(F)F)cc3)c(Cl)c2)c2c1CCC2.[LiH].